The van der Waals surface area contributed by atoms with Crippen LogP contribution in [0.25, 0.3) is 0 Å². The number of carbonyl (C=O) groups is 1. The summed E-state index contributed by atoms with van der Waals surface area (Å²) in [7, 11) is 1.34. The maximum absolute atomic E-state index is 11.1. The van der Waals surface area contributed by atoms with E-state index in [0.29, 0.717) is 15.8 Å². The maximum Gasteiger partial charge on any atom is 0.337 e. The third-order valence-electron chi connectivity index (χ3n) is 1.56. The van der Waals surface area contributed by atoms with Crippen molar-refractivity contribution in [2.75, 3.05) is 7.11 Å². The first-order chi connectivity index (χ1) is 9.10. The average molecular weight is 331 g/mol. The van der Waals surface area contributed by atoms with Crippen molar-refractivity contribution in [3.8, 4) is 5.75 Å². The molecule has 0 unspecified atom stereocenters. The Morgan fingerprint density at radius 2 is 1.89 bits per heavy atom. The fourth-order valence-electron chi connectivity index (χ4n) is 0.931. The van der Waals surface area contributed by atoms with Gasteiger partial charge in [-0.2, -0.15) is 0 Å². The van der Waals surface area contributed by atoms with E-state index in [0.717, 1.165) is 0 Å². The van der Waals surface area contributed by atoms with Crippen LogP contribution in [0.4, 0.5) is 0 Å². The van der Waals surface area contributed by atoms with Gasteiger partial charge in [0, 0.05) is 0 Å². The Kier molecular flexibility index (Phi) is 13.9. The second-order valence-electron chi connectivity index (χ2n) is 3.13. The number of rotatable bonds is 3. The van der Waals surface area contributed by atoms with Crippen LogP contribution in [0.5, 0.6) is 5.75 Å². The van der Waals surface area contributed by atoms with Gasteiger partial charge in [-0.1, -0.05) is 40.7 Å². The summed E-state index contributed by atoms with van der Waals surface area (Å²) in [6.45, 7) is 11.7. The monoisotopic (exact) mass is 330 g/mol. The number of hydrogen-bond acceptors (Lipinski definition) is 3. The predicted octanol–water partition coefficient (Wildman–Crippen LogP) is 5.20. The van der Waals surface area contributed by atoms with Crippen LogP contribution < -0.4 is 4.74 Å². The number of esters is 1. The van der Waals surface area contributed by atoms with E-state index in [1.54, 1.807) is 18.2 Å². The highest BCUT2D eigenvalue weighted by Gasteiger charge is 2.08. The van der Waals surface area contributed by atoms with Gasteiger partial charge in [-0.05, 0) is 34.1 Å². The van der Waals surface area contributed by atoms with E-state index in [1.807, 2.05) is 13.8 Å². The van der Waals surface area contributed by atoms with Crippen molar-refractivity contribution < 1.29 is 14.3 Å². The summed E-state index contributed by atoms with van der Waals surface area (Å²) < 4.78 is 10.3. The van der Waals surface area contributed by atoms with Crippen LogP contribution in [0, 0.1) is 0 Å². The van der Waals surface area contributed by atoms with Crippen LogP contribution in [-0.4, -0.2) is 13.1 Å². The molecule has 0 bridgehead atoms. The Morgan fingerprint density at radius 1 is 1.37 bits per heavy atom. The van der Waals surface area contributed by atoms with E-state index in [-0.39, 0.29) is 5.97 Å². The van der Waals surface area contributed by atoms with E-state index < -0.39 is 0 Å². The number of hydrogen-bond donors (Lipinski definition) is 0. The van der Waals surface area contributed by atoms with E-state index >= 15 is 0 Å². The fourth-order valence-corrected chi connectivity index (χ4v) is 1.40. The van der Waals surface area contributed by atoms with Gasteiger partial charge in [0.15, 0.2) is 0 Å². The second kappa shape index (κ2) is 13.1. The third kappa shape index (κ3) is 8.43. The zero-order chi connectivity index (χ0) is 15.3. The Bertz CT molecular complexity index is 376. The minimum Gasteiger partial charge on any atom is -0.465 e. The van der Waals surface area contributed by atoms with Gasteiger partial charge in [-0.15, -0.1) is 0 Å². The van der Waals surface area contributed by atoms with Crippen molar-refractivity contribution in [1.29, 1.82) is 0 Å². The molecule has 0 aliphatic heterocycles. The predicted molar refractivity (Wildman–Crippen MR) is 83.6 cm³/mol. The third-order valence-corrected chi connectivity index (χ3v) is 2.18. The van der Waals surface area contributed by atoms with Crippen molar-refractivity contribution in [3.05, 3.63) is 41.1 Å². The van der Waals surface area contributed by atoms with Gasteiger partial charge in [-0.25, -0.2) is 4.79 Å². The van der Waals surface area contributed by atoms with Gasteiger partial charge in [0.2, 0.25) is 0 Å². The lowest BCUT2D eigenvalue weighted by molar-refractivity contribution is 0.0600. The molecule has 0 aliphatic rings. The molecule has 19 heavy (non-hydrogen) atoms. The molecule has 1 aromatic rings. The molecule has 1 rings (SSSR count). The highest BCUT2D eigenvalue weighted by atomic mass is 79.9. The Morgan fingerprint density at radius 3 is 2.26 bits per heavy atom. The Balaban J connectivity index is 0. The van der Waals surface area contributed by atoms with Crippen molar-refractivity contribution in [3.63, 3.8) is 0 Å². The minimum absolute atomic E-state index is 0.379. The molecule has 0 aliphatic carbocycles. The van der Waals surface area contributed by atoms with Gasteiger partial charge in [-0.3, -0.25) is 0 Å². The van der Waals surface area contributed by atoms with Gasteiger partial charge in [0.05, 0.1) is 23.4 Å². The topological polar surface area (TPSA) is 35.5 Å². The summed E-state index contributed by atoms with van der Waals surface area (Å²) >= 11 is 3.27. The van der Waals surface area contributed by atoms with Crippen molar-refractivity contribution in [2.24, 2.45) is 0 Å². The summed E-state index contributed by atoms with van der Waals surface area (Å²) in [5, 5.41) is 0. The van der Waals surface area contributed by atoms with Crippen molar-refractivity contribution in [2.45, 2.75) is 34.1 Å². The first-order valence-corrected chi connectivity index (χ1v) is 7.05. The summed E-state index contributed by atoms with van der Waals surface area (Å²) in [6, 6.07) is 4.91. The van der Waals surface area contributed by atoms with Gasteiger partial charge in [0.1, 0.15) is 5.75 Å². The van der Waals surface area contributed by atoms with E-state index in [1.165, 1.54) is 19.8 Å². The van der Waals surface area contributed by atoms with Gasteiger partial charge >= 0.3 is 5.97 Å². The lowest BCUT2D eigenvalue weighted by Crippen LogP contribution is -2.00. The van der Waals surface area contributed by atoms with Crippen LogP contribution >= 0.6 is 15.9 Å². The minimum atomic E-state index is -0.379. The largest absolute Gasteiger partial charge is 0.465 e. The molecular formula is C15H23BrO3. The number of halogens is 1. The van der Waals surface area contributed by atoms with Crippen molar-refractivity contribution in [1.82, 2.24) is 0 Å². The molecule has 0 aromatic heterocycles. The zero-order valence-corrected chi connectivity index (χ0v) is 13.9. The first-order valence-electron chi connectivity index (χ1n) is 6.26. The Hall–Kier alpha value is -1.29. The van der Waals surface area contributed by atoms with E-state index in [4.69, 9.17) is 4.74 Å². The molecule has 0 spiro atoms. The summed E-state index contributed by atoms with van der Waals surface area (Å²) in [4.78, 5) is 11.1. The number of benzene rings is 1. The fraction of sp³-hybridized carbons (Fsp3) is 0.400. The Labute approximate surface area is 124 Å². The SMILES string of the molecule is C=COc1ccc(C(=O)OC)cc1Br.CC.CCC. The molecule has 108 valence electrons. The highest BCUT2D eigenvalue weighted by molar-refractivity contribution is 9.10. The number of ether oxygens (including phenoxy) is 2. The van der Waals surface area contributed by atoms with Crippen LogP contribution in [0.15, 0.2) is 35.5 Å². The highest BCUT2D eigenvalue weighted by Crippen LogP contribution is 2.26. The van der Waals surface area contributed by atoms with Crippen LogP contribution in [0.1, 0.15) is 44.5 Å². The lowest BCUT2D eigenvalue weighted by atomic mass is 10.2. The molecule has 0 saturated carbocycles. The lowest BCUT2D eigenvalue weighted by Gasteiger charge is -2.04. The van der Waals surface area contributed by atoms with Gasteiger partial charge < -0.3 is 9.47 Å². The quantitative estimate of drug-likeness (QED) is 0.564. The molecule has 0 amide bonds. The molecule has 4 heteroatoms. The van der Waals surface area contributed by atoms with Crippen LogP contribution in [0.2, 0.25) is 0 Å². The molecule has 0 atom stereocenters. The standard InChI is InChI=1S/C10H9BrO3.C3H8.C2H6/c1-3-14-9-5-4-7(6-8(9)11)10(12)13-2;1-3-2;1-2/h3-6H,1H2,2H3;3H2,1-2H3;1-2H3. The molecule has 0 saturated heterocycles. The molecule has 3 nitrogen and oxygen atoms in total. The smallest absolute Gasteiger partial charge is 0.337 e. The van der Waals surface area contributed by atoms with Crippen LogP contribution in [-0.2, 0) is 4.74 Å². The molecule has 0 radical (unpaired) electrons. The molecule has 1 aromatic carbocycles. The maximum atomic E-state index is 11.1. The second-order valence-corrected chi connectivity index (χ2v) is 3.98. The number of carbonyl (C=O) groups excluding carboxylic acids is 1. The van der Waals surface area contributed by atoms with E-state index in [9.17, 15) is 4.79 Å². The molecule has 0 N–H and O–H groups in total. The normalized spacial score (nSPS) is 8.11. The summed E-state index contributed by atoms with van der Waals surface area (Å²) in [5.74, 6) is 0.225. The van der Waals surface area contributed by atoms with E-state index in [2.05, 4.69) is 41.1 Å². The van der Waals surface area contributed by atoms with Gasteiger partial charge in [0.25, 0.3) is 0 Å². The zero-order valence-electron chi connectivity index (χ0n) is 12.3. The van der Waals surface area contributed by atoms with Crippen molar-refractivity contribution >= 4 is 21.9 Å². The molecular weight excluding hydrogens is 308 g/mol. The number of methoxy groups -OCH3 is 1. The molecule has 0 fully saturated rings. The van der Waals surface area contributed by atoms with Crippen LogP contribution in [0.3, 0.4) is 0 Å². The summed E-state index contributed by atoms with van der Waals surface area (Å²) in [6.07, 6.45) is 2.57. The first kappa shape index (κ1) is 20.0. The summed E-state index contributed by atoms with van der Waals surface area (Å²) in [5.41, 5.74) is 0.468. The molecule has 0 heterocycles. The average Bonchev–Trinajstić information content (AvgIpc) is 2.43.